The second kappa shape index (κ2) is 4.73. The Morgan fingerprint density at radius 2 is 2.23 bits per heavy atom. The van der Waals surface area contributed by atoms with Crippen LogP contribution < -0.4 is 5.32 Å². The molecule has 0 fully saturated rings. The maximum absolute atomic E-state index is 3.96. The zero-order valence-corrected chi connectivity index (χ0v) is 11.5. The van der Waals surface area contributed by atoms with Crippen LogP contribution in [0.1, 0.15) is 17.8 Å². The third kappa shape index (κ3) is 2.65. The SMILES string of the molecule is C=C(C)C(NC)c1cc(Br)c(Br)s1. The molecule has 1 nitrogen and oxygen atoms in total. The molecule has 1 heterocycles. The van der Waals surface area contributed by atoms with E-state index in [-0.39, 0.29) is 6.04 Å². The summed E-state index contributed by atoms with van der Waals surface area (Å²) in [6, 6.07) is 2.37. The van der Waals surface area contributed by atoms with E-state index >= 15 is 0 Å². The van der Waals surface area contributed by atoms with Gasteiger partial charge in [-0.25, -0.2) is 0 Å². The van der Waals surface area contributed by atoms with Crippen molar-refractivity contribution in [3.8, 4) is 0 Å². The van der Waals surface area contributed by atoms with Gasteiger partial charge in [0.25, 0.3) is 0 Å². The van der Waals surface area contributed by atoms with Crippen molar-refractivity contribution < 1.29 is 0 Å². The van der Waals surface area contributed by atoms with E-state index in [9.17, 15) is 0 Å². The molecule has 1 atom stereocenters. The molecule has 0 amide bonds. The molecule has 0 spiro atoms. The van der Waals surface area contributed by atoms with Gasteiger partial charge < -0.3 is 5.32 Å². The van der Waals surface area contributed by atoms with Crippen LogP contribution in [-0.4, -0.2) is 7.05 Å². The second-order valence-corrected chi connectivity index (χ2v) is 6.09. The Morgan fingerprint density at radius 3 is 2.54 bits per heavy atom. The average Bonchev–Trinajstić information content (AvgIpc) is 2.32. The summed E-state index contributed by atoms with van der Waals surface area (Å²) in [5, 5.41) is 3.23. The number of thiophene rings is 1. The van der Waals surface area contributed by atoms with Gasteiger partial charge in [-0.3, -0.25) is 0 Å². The number of rotatable bonds is 3. The minimum atomic E-state index is 0.257. The van der Waals surface area contributed by atoms with E-state index < -0.39 is 0 Å². The van der Waals surface area contributed by atoms with E-state index in [0.717, 1.165) is 13.8 Å². The molecule has 0 saturated carbocycles. The predicted octanol–water partition coefficient (Wildman–Crippen LogP) is 4.11. The summed E-state index contributed by atoms with van der Waals surface area (Å²) in [6.45, 7) is 5.99. The van der Waals surface area contributed by atoms with Gasteiger partial charge in [0.2, 0.25) is 0 Å². The Bertz CT molecular complexity index is 300. The van der Waals surface area contributed by atoms with E-state index in [1.54, 1.807) is 11.3 Å². The van der Waals surface area contributed by atoms with Gasteiger partial charge in [-0.15, -0.1) is 11.3 Å². The van der Waals surface area contributed by atoms with Crippen LogP contribution in [0, 0.1) is 0 Å². The molecule has 0 aliphatic rings. The number of likely N-dealkylation sites (N-methyl/N-ethyl adjacent to an activating group) is 1. The van der Waals surface area contributed by atoms with Gasteiger partial charge in [-0.2, -0.15) is 0 Å². The first-order chi connectivity index (χ1) is 6.06. The molecule has 1 aromatic heterocycles. The molecule has 0 saturated heterocycles. The third-order valence-electron chi connectivity index (χ3n) is 1.73. The summed E-state index contributed by atoms with van der Waals surface area (Å²) in [7, 11) is 1.95. The lowest BCUT2D eigenvalue weighted by Gasteiger charge is -2.13. The minimum Gasteiger partial charge on any atom is -0.309 e. The highest BCUT2D eigenvalue weighted by Gasteiger charge is 2.14. The van der Waals surface area contributed by atoms with Crippen LogP contribution in [0.3, 0.4) is 0 Å². The quantitative estimate of drug-likeness (QED) is 0.825. The first kappa shape index (κ1) is 11.4. The van der Waals surface area contributed by atoms with E-state index in [1.807, 2.05) is 14.0 Å². The van der Waals surface area contributed by atoms with Crippen molar-refractivity contribution in [1.29, 1.82) is 0 Å². The van der Waals surface area contributed by atoms with Gasteiger partial charge in [0.1, 0.15) is 0 Å². The van der Waals surface area contributed by atoms with Crippen LogP contribution in [0.25, 0.3) is 0 Å². The van der Waals surface area contributed by atoms with Crippen molar-refractivity contribution in [1.82, 2.24) is 5.32 Å². The normalized spacial score (nSPS) is 12.9. The van der Waals surface area contributed by atoms with Crippen LogP contribution in [0.4, 0.5) is 0 Å². The van der Waals surface area contributed by atoms with Crippen LogP contribution in [0.2, 0.25) is 0 Å². The molecular weight excluding hydrogens is 314 g/mol. The van der Waals surface area contributed by atoms with Crippen molar-refractivity contribution in [2.24, 2.45) is 0 Å². The molecular formula is C9H11Br2NS. The molecule has 0 aliphatic heterocycles. The summed E-state index contributed by atoms with van der Waals surface area (Å²) < 4.78 is 2.23. The maximum atomic E-state index is 3.96. The summed E-state index contributed by atoms with van der Waals surface area (Å²) in [5.74, 6) is 0. The Kier molecular flexibility index (Phi) is 4.16. The largest absolute Gasteiger partial charge is 0.309 e. The standard InChI is InChI=1S/C9H11Br2NS/c1-5(2)8(12-3)7-4-6(10)9(11)13-7/h4,8,12H,1H2,2-3H3. The van der Waals surface area contributed by atoms with Gasteiger partial charge in [-0.05, 0) is 51.9 Å². The first-order valence-electron chi connectivity index (χ1n) is 3.83. The lowest BCUT2D eigenvalue weighted by atomic mass is 10.1. The van der Waals surface area contributed by atoms with Gasteiger partial charge in [-0.1, -0.05) is 12.2 Å². The fraction of sp³-hybridized carbons (Fsp3) is 0.333. The second-order valence-electron chi connectivity index (χ2n) is 2.84. The maximum Gasteiger partial charge on any atom is 0.0843 e. The molecule has 1 rings (SSSR count). The lowest BCUT2D eigenvalue weighted by molar-refractivity contribution is 0.691. The van der Waals surface area contributed by atoms with Crippen molar-refractivity contribution in [3.05, 3.63) is 31.4 Å². The highest BCUT2D eigenvalue weighted by atomic mass is 79.9. The Hall–Kier alpha value is 0.360. The Balaban J connectivity index is 2.98. The number of hydrogen-bond acceptors (Lipinski definition) is 2. The van der Waals surface area contributed by atoms with Crippen molar-refractivity contribution >= 4 is 43.2 Å². The monoisotopic (exact) mass is 323 g/mol. The van der Waals surface area contributed by atoms with Crippen LogP contribution >= 0.6 is 43.2 Å². The van der Waals surface area contributed by atoms with Gasteiger partial charge >= 0.3 is 0 Å². The molecule has 0 bridgehead atoms. The van der Waals surface area contributed by atoms with Gasteiger partial charge in [0.05, 0.1) is 9.83 Å². The molecule has 1 aromatic rings. The van der Waals surface area contributed by atoms with E-state index in [2.05, 4.69) is 49.8 Å². The van der Waals surface area contributed by atoms with E-state index in [0.29, 0.717) is 0 Å². The Labute approximate surface area is 99.5 Å². The van der Waals surface area contributed by atoms with Crippen molar-refractivity contribution in [2.75, 3.05) is 7.05 Å². The summed E-state index contributed by atoms with van der Waals surface area (Å²) in [5.41, 5.74) is 1.13. The summed E-state index contributed by atoms with van der Waals surface area (Å²) in [4.78, 5) is 1.27. The highest BCUT2D eigenvalue weighted by Crippen LogP contribution is 2.36. The molecule has 0 radical (unpaired) electrons. The summed E-state index contributed by atoms with van der Waals surface area (Å²) >= 11 is 8.67. The number of hydrogen-bond donors (Lipinski definition) is 1. The Morgan fingerprint density at radius 1 is 1.62 bits per heavy atom. The molecule has 4 heteroatoms. The summed E-state index contributed by atoms with van der Waals surface area (Å²) in [6.07, 6.45) is 0. The predicted molar refractivity (Wildman–Crippen MR) is 66.3 cm³/mol. The minimum absolute atomic E-state index is 0.257. The van der Waals surface area contributed by atoms with Crippen LogP contribution in [0.5, 0.6) is 0 Å². The number of nitrogens with one attached hydrogen (secondary N) is 1. The molecule has 1 unspecified atom stereocenters. The molecule has 0 aromatic carbocycles. The van der Waals surface area contributed by atoms with Gasteiger partial charge in [0, 0.05) is 9.35 Å². The van der Waals surface area contributed by atoms with Crippen molar-refractivity contribution in [3.63, 3.8) is 0 Å². The highest BCUT2D eigenvalue weighted by molar-refractivity contribution is 9.13. The fourth-order valence-electron chi connectivity index (χ4n) is 1.14. The lowest BCUT2D eigenvalue weighted by Crippen LogP contribution is -2.15. The molecule has 1 N–H and O–H groups in total. The average molecular weight is 325 g/mol. The fourth-order valence-corrected chi connectivity index (χ4v) is 3.43. The van der Waals surface area contributed by atoms with Crippen molar-refractivity contribution in [2.45, 2.75) is 13.0 Å². The topological polar surface area (TPSA) is 12.0 Å². The molecule has 0 aliphatic carbocycles. The van der Waals surface area contributed by atoms with Crippen LogP contribution in [0.15, 0.2) is 26.5 Å². The van der Waals surface area contributed by atoms with Crippen LogP contribution in [-0.2, 0) is 0 Å². The molecule has 13 heavy (non-hydrogen) atoms. The molecule has 72 valence electrons. The third-order valence-corrected chi connectivity index (χ3v) is 5.05. The van der Waals surface area contributed by atoms with E-state index in [1.165, 1.54) is 4.88 Å². The number of halogens is 2. The smallest absolute Gasteiger partial charge is 0.0843 e. The van der Waals surface area contributed by atoms with E-state index in [4.69, 9.17) is 0 Å². The zero-order valence-electron chi connectivity index (χ0n) is 7.53. The first-order valence-corrected chi connectivity index (χ1v) is 6.24. The zero-order chi connectivity index (χ0) is 10.0. The van der Waals surface area contributed by atoms with Gasteiger partial charge in [0.15, 0.2) is 0 Å².